The van der Waals surface area contributed by atoms with Crippen molar-refractivity contribution in [3.05, 3.63) is 29.3 Å². The highest BCUT2D eigenvalue weighted by molar-refractivity contribution is 5.35. The molecular formula is C17H27NO. The minimum atomic E-state index is 0.312. The Balaban J connectivity index is 2.08. The summed E-state index contributed by atoms with van der Waals surface area (Å²) in [6, 6.07) is 6.95. The van der Waals surface area contributed by atoms with Gasteiger partial charge < -0.3 is 10.1 Å². The topological polar surface area (TPSA) is 21.3 Å². The summed E-state index contributed by atoms with van der Waals surface area (Å²) in [6.07, 6.45) is 8.03. The molecule has 2 heteroatoms. The van der Waals surface area contributed by atoms with E-state index in [9.17, 15) is 0 Å². The highest BCUT2D eigenvalue weighted by Crippen LogP contribution is 2.25. The summed E-state index contributed by atoms with van der Waals surface area (Å²) in [5.74, 6) is 1.05. The van der Waals surface area contributed by atoms with Crippen LogP contribution in [0.4, 0.5) is 0 Å². The number of hydrogen-bond donors (Lipinski definition) is 1. The third-order valence-electron chi connectivity index (χ3n) is 4.18. The van der Waals surface area contributed by atoms with Gasteiger partial charge in [0.2, 0.25) is 0 Å². The zero-order valence-electron chi connectivity index (χ0n) is 12.5. The van der Waals surface area contributed by atoms with Gasteiger partial charge in [-0.1, -0.05) is 37.0 Å². The van der Waals surface area contributed by atoms with Gasteiger partial charge in [0.1, 0.15) is 11.9 Å². The fourth-order valence-corrected chi connectivity index (χ4v) is 3.02. The summed E-state index contributed by atoms with van der Waals surface area (Å²) in [7, 11) is 2.06. The Kier molecular flexibility index (Phi) is 5.26. The van der Waals surface area contributed by atoms with Gasteiger partial charge in [0.15, 0.2) is 0 Å². The van der Waals surface area contributed by atoms with Crippen molar-refractivity contribution in [1.82, 2.24) is 5.32 Å². The van der Waals surface area contributed by atoms with E-state index in [-0.39, 0.29) is 0 Å². The van der Waals surface area contributed by atoms with Crippen LogP contribution < -0.4 is 10.1 Å². The molecule has 1 aromatic carbocycles. The zero-order chi connectivity index (χ0) is 13.7. The van der Waals surface area contributed by atoms with E-state index >= 15 is 0 Å². The fourth-order valence-electron chi connectivity index (χ4n) is 3.02. The van der Waals surface area contributed by atoms with Gasteiger partial charge in [0, 0.05) is 6.04 Å². The maximum absolute atomic E-state index is 6.32. The maximum Gasteiger partial charge on any atom is 0.122 e. The van der Waals surface area contributed by atoms with Crippen LogP contribution >= 0.6 is 0 Å². The summed E-state index contributed by atoms with van der Waals surface area (Å²) in [5, 5.41) is 3.45. The van der Waals surface area contributed by atoms with E-state index < -0.39 is 0 Å². The molecule has 0 amide bonds. The van der Waals surface area contributed by atoms with Crippen LogP contribution in [0.2, 0.25) is 0 Å². The van der Waals surface area contributed by atoms with Crippen LogP contribution in [0.1, 0.15) is 49.7 Å². The van der Waals surface area contributed by atoms with Gasteiger partial charge >= 0.3 is 0 Å². The Morgan fingerprint density at radius 3 is 2.47 bits per heavy atom. The molecule has 2 atom stereocenters. The lowest BCUT2D eigenvalue weighted by Gasteiger charge is -2.30. The van der Waals surface area contributed by atoms with Crippen LogP contribution in [-0.4, -0.2) is 19.2 Å². The minimum absolute atomic E-state index is 0.312. The average Bonchev–Trinajstić information content (AvgIpc) is 2.36. The van der Waals surface area contributed by atoms with Crippen LogP contribution in [0.25, 0.3) is 0 Å². The fraction of sp³-hybridized carbons (Fsp3) is 0.647. The van der Waals surface area contributed by atoms with E-state index in [2.05, 4.69) is 44.4 Å². The molecule has 1 saturated carbocycles. The van der Waals surface area contributed by atoms with E-state index in [0.29, 0.717) is 12.1 Å². The highest BCUT2D eigenvalue weighted by Gasteiger charge is 2.23. The normalized spacial score (nSPS) is 24.6. The highest BCUT2D eigenvalue weighted by atomic mass is 16.5. The molecule has 0 aromatic heterocycles. The number of nitrogens with one attached hydrogen (secondary N) is 1. The van der Waals surface area contributed by atoms with Crippen molar-refractivity contribution in [2.75, 3.05) is 7.05 Å². The standard InChI is InChI=1S/C17H27NO/c1-13-10-11-16(14(2)12-13)19-17-9-7-5-4-6-8-15(17)18-3/h10-12,15,17-18H,4-9H2,1-3H3. The number of aryl methyl sites for hydroxylation is 2. The Labute approximate surface area is 117 Å². The smallest absolute Gasteiger partial charge is 0.122 e. The predicted octanol–water partition coefficient (Wildman–Crippen LogP) is 3.99. The van der Waals surface area contributed by atoms with Crippen molar-refractivity contribution in [3.63, 3.8) is 0 Å². The molecule has 1 aliphatic carbocycles. The van der Waals surface area contributed by atoms with Crippen molar-refractivity contribution in [2.24, 2.45) is 0 Å². The number of ether oxygens (including phenoxy) is 1. The molecule has 2 rings (SSSR count). The largest absolute Gasteiger partial charge is 0.489 e. The van der Waals surface area contributed by atoms with Gasteiger partial charge in [-0.3, -0.25) is 0 Å². The van der Waals surface area contributed by atoms with Gasteiger partial charge in [-0.2, -0.15) is 0 Å². The summed E-state index contributed by atoms with van der Waals surface area (Å²) in [5.41, 5.74) is 2.55. The van der Waals surface area contributed by atoms with Crippen molar-refractivity contribution in [3.8, 4) is 5.75 Å². The Hall–Kier alpha value is -1.02. The van der Waals surface area contributed by atoms with Crippen LogP contribution in [-0.2, 0) is 0 Å². The molecule has 0 spiro atoms. The lowest BCUT2D eigenvalue weighted by molar-refractivity contribution is 0.130. The lowest BCUT2D eigenvalue weighted by atomic mass is 9.94. The van der Waals surface area contributed by atoms with Crippen molar-refractivity contribution < 1.29 is 4.74 Å². The molecule has 2 unspecified atom stereocenters. The maximum atomic E-state index is 6.32. The molecule has 2 nitrogen and oxygen atoms in total. The molecule has 0 heterocycles. The quantitative estimate of drug-likeness (QED) is 0.888. The second-order valence-corrected chi connectivity index (χ2v) is 5.81. The minimum Gasteiger partial charge on any atom is -0.489 e. The van der Waals surface area contributed by atoms with E-state index in [1.165, 1.54) is 49.7 Å². The summed E-state index contributed by atoms with van der Waals surface area (Å²) >= 11 is 0. The molecule has 0 radical (unpaired) electrons. The second-order valence-electron chi connectivity index (χ2n) is 5.81. The van der Waals surface area contributed by atoms with E-state index in [4.69, 9.17) is 4.74 Å². The first-order valence-corrected chi connectivity index (χ1v) is 7.62. The number of rotatable bonds is 3. The van der Waals surface area contributed by atoms with Gasteiger partial charge in [0.05, 0.1) is 0 Å². The summed E-state index contributed by atoms with van der Waals surface area (Å²) < 4.78 is 6.32. The van der Waals surface area contributed by atoms with Crippen molar-refractivity contribution in [2.45, 2.75) is 64.5 Å². The van der Waals surface area contributed by atoms with Gasteiger partial charge in [-0.05, 0) is 51.8 Å². The molecule has 1 aromatic rings. The number of hydrogen-bond acceptors (Lipinski definition) is 2. The van der Waals surface area contributed by atoms with Crippen LogP contribution in [0.15, 0.2) is 18.2 Å². The lowest BCUT2D eigenvalue weighted by Crippen LogP contribution is -2.42. The Bertz CT molecular complexity index is 402. The van der Waals surface area contributed by atoms with E-state index in [1.54, 1.807) is 0 Å². The predicted molar refractivity (Wildman–Crippen MR) is 80.9 cm³/mol. The summed E-state index contributed by atoms with van der Waals surface area (Å²) in [6.45, 7) is 4.27. The van der Waals surface area contributed by atoms with Crippen molar-refractivity contribution >= 4 is 0 Å². The van der Waals surface area contributed by atoms with E-state index in [0.717, 1.165) is 5.75 Å². The first-order chi connectivity index (χ1) is 9.20. The van der Waals surface area contributed by atoms with Gasteiger partial charge in [-0.25, -0.2) is 0 Å². The van der Waals surface area contributed by atoms with Crippen LogP contribution in [0, 0.1) is 13.8 Å². The summed E-state index contributed by atoms with van der Waals surface area (Å²) in [4.78, 5) is 0. The third-order valence-corrected chi connectivity index (χ3v) is 4.18. The SMILES string of the molecule is CNC1CCCCCCC1Oc1ccc(C)cc1C. The van der Waals surface area contributed by atoms with Gasteiger partial charge in [0.25, 0.3) is 0 Å². The van der Waals surface area contributed by atoms with Crippen LogP contribution in [0.3, 0.4) is 0 Å². The number of likely N-dealkylation sites (N-methyl/N-ethyl adjacent to an activating group) is 1. The molecule has 106 valence electrons. The van der Waals surface area contributed by atoms with Gasteiger partial charge in [-0.15, -0.1) is 0 Å². The monoisotopic (exact) mass is 261 g/mol. The first-order valence-electron chi connectivity index (χ1n) is 7.62. The van der Waals surface area contributed by atoms with Crippen molar-refractivity contribution in [1.29, 1.82) is 0 Å². The Morgan fingerprint density at radius 2 is 1.79 bits per heavy atom. The zero-order valence-corrected chi connectivity index (χ0v) is 12.5. The molecule has 0 bridgehead atoms. The molecular weight excluding hydrogens is 234 g/mol. The van der Waals surface area contributed by atoms with Crippen LogP contribution in [0.5, 0.6) is 5.75 Å². The molecule has 0 aliphatic heterocycles. The molecule has 1 aliphatic rings. The molecule has 1 N–H and O–H groups in total. The Morgan fingerprint density at radius 1 is 1.05 bits per heavy atom. The average molecular weight is 261 g/mol. The molecule has 0 saturated heterocycles. The molecule has 19 heavy (non-hydrogen) atoms. The van der Waals surface area contributed by atoms with E-state index in [1.807, 2.05) is 0 Å². The first kappa shape index (κ1) is 14.4. The second kappa shape index (κ2) is 6.95. The third kappa shape index (κ3) is 3.97. The number of benzene rings is 1. The molecule has 1 fully saturated rings.